The largest absolute Gasteiger partial charge is 0.480 e. The molecule has 1 aromatic rings. The van der Waals surface area contributed by atoms with Gasteiger partial charge in [-0.25, -0.2) is 9.59 Å². The zero-order valence-electron chi connectivity index (χ0n) is 11.5. The number of nitrogens with zero attached hydrogens (tertiary/aromatic N) is 1. The topological polar surface area (TPSA) is 69.6 Å². The molecule has 2 unspecified atom stereocenters. The molecular weight excluding hydrogens is 276 g/mol. The highest BCUT2D eigenvalue weighted by molar-refractivity contribution is 7.07. The molecule has 2 N–H and O–H groups in total. The summed E-state index contributed by atoms with van der Waals surface area (Å²) in [6.45, 7) is 2.42. The molecule has 0 radical (unpaired) electrons. The monoisotopic (exact) mass is 296 g/mol. The van der Waals surface area contributed by atoms with Crippen LogP contribution in [0.1, 0.15) is 44.2 Å². The van der Waals surface area contributed by atoms with Gasteiger partial charge in [0.25, 0.3) is 0 Å². The Morgan fingerprint density at radius 1 is 1.45 bits per heavy atom. The number of thiophene rings is 1. The van der Waals surface area contributed by atoms with E-state index in [1.807, 2.05) is 23.8 Å². The van der Waals surface area contributed by atoms with Gasteiger partial charge < -0.3 is 15.3 Å². The summed E-state index contributed by atoms with van der Waals surface area (Å²) in [5.74, 6) is -0.912. The van der Waals surface area contributed by atoms with Gasteiger partial charge in [-0.05, 0) is 42.2 Å². The minimum Gasteiger partial charge on any atom is -0.480 e. The van der Waals surface area contributed by atoms with Gasteiger partial charge in [0, 0.05) is 6.54 Å². The van der Waals surface area contributed by atoms with E-state index in [0.29, 0.717) is 13.0 Å². The molecule has 0 spiro atoms. The quantitative estimate of drug-likeness (QED) is 0.901. The van der Waals surface area contributed by atoms with Crippen LogP contribution in [0.3, 0.4) is 0 Å². The Labute approximate surface area is 122 Å². The average molecular weight is 296 g/mol. The minimum atomic E-state index is -0.912. The predicted molar refractivity (Wildman–Crippen MR) is 77.9 cm³/mol. The Balaban J connectivity index is 2.03. The third-order valence-electron chi connectivity index (χ3n) is 3.68. The number of carboxylic acid groups (broad SMARTS) is 1. The van der Waals surface area contributed by atoms with Crippen LogP contribution in [0, 0.1) is 0 Å². The van der Waals surface area contributed by atoms with Crippen molar-refractivity contribution in [3.63, 3.8) is 0 Å². The molecule has 1 aromatic heterocycles. The molecule has 1 aliphatic rings. The second-order valence-electron chi connectivity index (χ2n) is 5.12. The zero-order chi connectivity index (χ0) is 14.5. The van der Waals surface area contributed by atoms with E-state index in [9.17, 15) is 14.7 Å². The summed E-state index contributed by atoms with van der Waals surface area (Å²) in [6, 6.07) is 0.879. The Morgan fingerprint density at radius 2 is 2.25 bits per heavy atom. The molecule has 5 nitrogen and oxygen atoms in total. The second-order valence-corrected chi connectivity index (χ2v) is 5.90. The lowest BCUT2D eigenvalue weighted by Gasteiger charge is -2.28. The first-order chi connectivity index (χ1) is 9.59. The van der Waals surface area contributed by atoms with E-state index < -0.39 is 12.0 Å². The molecule has 110 valence electrons. The predicted octanol–water partition coefficient (Wildman–Crippen LogP) is 2.85. The summed E-state index contributed by atoms with van der Waals surface area (Å²) in [5, 5.41) is 16.1. The fraction of sp³-hybridized carbons (Fsp3) is 0.571. The Morgan fingerprint density at radius 3 is 2.90 bits per heavy atom. The smallest absolute Gasteiger partial charge is 0.326 e. The van der Waals surface area contributed by atoms with Gasteiger partial charge in [0.2, 0.25) is 0 Å². The van der Waals surface area contributed by atoms with Crippen LogP contribution >= 0.6 is 11.3 Å². The summed E-state index contributed by atoms with van der Waals surface area (Å²) < 4.78 is 0. The number of amides is 2. The molecule has 0 saturated carbocycles. The maximum Gasteiger partial charge on any atom is 0.326 e. The standard InChI is InChI=1S/C14H20N2O3S/c1-10(11-6-8-20-9-11)15-14(19)16-7-4-2-3-5-12(16)13(17)18/h6,8-10,12H,2-5,7H2,1H3,(H,15,19)(H,17,18). The van der Waals surface area contributed by atoms with Gasteiger partial charge in [-0.15, -0.1) is 0 Å². The lowest BCUT2D eigenvalue weighted by molar-refractivity contribution is -0.142. The van der Waals surface area contributed by atoms with E-state index in [4.69, 9.17) is 0 Å². The first-order valence-corrected chi connectivity index (χ1v) is 7.86. The van der Waals surface area contributed by atoms with E-state index in [1.165, 1.54) is 4.90 Å². The molecule has 1 aliphatic heterocycles. The number of urea groups is 1. The van der Waals surface area contributed by atoms with Gasteiger partial charge in [-0.1, -0.05) is 12.8 Å². The maximum atomic E-state index is 12.3. The molecule has 2 heterocycles. The van der Waals surface area contributed by atoms with E-state index in [2.05, 4.69) is 5.32 Å². The van der Waals surface area contributed by atoms with Gasteiger partial charge in [0.05, 0.1) is 6.04 Å². The maximum absolute atomic E-state index is 12.3. The van der Waals surface area contributed by atoms with Crippen molar-refractivity contribution in [3.05, 3.63) is 22.4 Å². The number of likely N-dealkylation sites (tertiary alicyclic amines) is 1. The molecule has 6 heteroatoms. The summed E-state index contributed by atoms with van der Waals surface area (Å²) in [5.41, 5.74) is 1.05. The summed E-state index contributed by atoms with van der Waals surface area (Å²) >= 11 is 1.58. The van der Waals surface area contributed by atoms with Crippen molar-refractivity contribution in [1.82, 2.24) is 10.2 Å². The van der Waals surface area contributed by atoms with Crippen molar-refractivity contribution < 1.29 is 14.7 Å². The lowest BCUT2D eigenvalue weighted by atomic mass is 10.1. The van der Waals surface area contributed by atoms with E-state index in [0.717, 1.165) is 24.8 Å². The van der Waals surface area contributed by atoms with E-state index in [1.54, 1.807) is 11.3 Å². The van der Waals surface area contributed by atoms with Crippen LogP contribution in [0.5, 0.6) is 0 Å². The number of carbonyl (C=O) groups is 2. The number of nitrogens with one attached hydrogen (secondary N) is 1. The van der Waals surface area contributed by atoms with Gasteiger partial charge in [0.1, 0.15) is 6.04 Å². The van der Waals surface area contributed by atoms with Crippen LogP contribution in [0.15, 0.2) is 16.8 Å². The number of carbonyl (C=O) groups excluding carboxylic acids is 1. The van der Waals surface area contributed by atoms with Gasteiger partial charge in [-0.3, -0.25) is 0 Å². The van der Waals surface area contributed by atoms with Crippen molar-refractivity contribution >= 4 is 23.3 Å². The van der Waals surface area contributed by atoms with E-state index >= 15 is 0 Å². The molecule has 2 rings (SSSR count). The third kappa shape index (κ3) is 3.50. The molecule has 2 atom stereocenters. The Hall–Kier alpha value is -1.56. The first kappa shape index (κ1) is 14.8. The fourth-order valence-corrected chi connectivity index (χ4v) is 3.24. The molecule has 2 amide bonds. The lowest BCUT2D eigenvalue weighted by Crippen LogP contribution is -2.49. The normalized spacial score (nSPS) is 21.1. The number of hydrogen-bond acceptors (Lipinski definition) is 3. The first-order valence-electron chi connectivity index (χ1n) is 6.91. The SMILES string of the molecule is CC(NC(=O)N1CCCCCC1C(=O)O)c1ccsc1. The van der Waals surface area contributed by atoms with Gasteiger partial charge in [0.15, 0.2) is 0 Å². The molecule has 0 aromatic carbocycles. The van der Waals surface area contributed by atoms with Crippen molar-refractivity contribution in [2.75, 3.05) is 6.54 Å². The zero-order valence-corrected chi connectivity index (χ0v) is 12.4. The molecule has 1 saturated heterocycles. The average Bonchev–Trinajstić information content (AvgIpc) is 2.82. The van der Waals surface area contributed by atoms with Crippen molar-refractivity contribution in [3.8, 4) is 0 Å². The fourth-order valence-electron chi connectivity index (χ4n) is 2.48. The molecule has 0 bridgehead atoms. The molecular formula is C14H20N2O3S. The van der Waals surface area contributed by atoms with Crippen LogP contribution in [-0.2, 0) is 4.79 Å². The van der Waals surface area contributed by atoms with Crippen LogP contribution < -0.4 is 5.32 Å². The molecule has 20 heavy (non-hydrogen) atoms. The summed E-state index contributed by atoms with van der Waals surface area (Å²) in [7, 11) is 0. The summed E-state index contributed by atoms with van der Waals surface area (Å²) in [4.78, 5) is 25.1. The minimum absolute atomic E-state index is 0.105. The highest BCUT2D eigenvalue weighted by Crippen LogP contribution is 2.20. The number of carboxylic acids is 1. The number of rotatable bonds is 3. The van der Waals surface area contributed by atoms with Gasteiger partial charge in [-0.2, -0.15) is 11.3 Å². The Kier molecular flexibility index (Phi) is 5.00. The molecule has 0 aliphatic carbocycles. The molecule has 1 fully saturated rings. The third-order valence-corrected chi connectivity index (χ3v) is 4.38. The van der Waals surface area contributed by atoms with Crippen LogP contribution in [0.4, 0.5) is 4.79 Å². The second kappa shape index (κ2) is 6.74. The van der Waals surface area contributed by atoms with Crippen LogP contribution in [0.2, 0.25) is 0 Å². The highest BCUT2D eigenvalue weighted by Gasteiger charge is 2.31. The van der Waals surface area contributed by atoms with Crippen molar-refractivity contribution in [2.24, 2.45) is 0 Å². The van der Waals surface area contributed by atoms with Crippen molar-refractivity contribution in [1.29, 1.82) is 0 Å². The Bertz CT molecular complexity index is 461. The van der Waals surface area contributed by atoms with Crippen molar-refractivity contribution in [2.45, 2.75) is 44.7 Å². The van der Waals surface area contributed by atoms with Crippen LogP contribution in [0.25, 0.3) is 0 Å². The van der Waals surface area contributed by atoms with Crippen LogP contribution in [-0.4, -0.2) is 34.6 Å². The number of aliphatic carboxylic acids is 1. The summed E-state index contributed by atoms with van der Waals surface area (Å²) in [6.07, 6.45) is 3.24. The number of hydrogen-bond donors (Lipinski definition) is 2. The van der Waals surface area contributed by atoms with Gasteiger partial charge >= 0.3 is 12.0 Å². The van der Waals surface area contributed by atoms with E-state index in [-0.39, 0.29) is 12.1 Å². The highest BCUT2D eigenvalue weighted by atomic mass is 32.1.